The van der Waals surface area contributed by atoms with E-state index in [1.54, 1.807) is 0 Å². The molecule has 2 aromatic carbocycles. The maximum Gasteiger partial charge on any atom is 0.235 e. The molecule has 1 amide bonds. The van der Waals surface area contributed by atoms with Crippen LogP contribution in [-0.4, -0.2) is 33.4 Å². The number of aryl methyl sites for hydroxylation is 1. The number of nitrogens with one attached hydrogen (secondary N) is 1. The van der Waals surface area contributed by atoms with E-state index in [0.29, 0.717) is 5.84 Å². The second-order valence-electron chi connectivity index (χ2n) is 6.71. The largest absolute Gasteiger partial charge is 0.313 e. The van der Waals surface area contributed by atoms with E-state index in [-0.39, 0.29) is 17.6 Å². The van der Waals surface area contributed by atoms with Crippen LogP contribution < -0.4 is 5.32 Å². The number of thioether (sulfide) groups is 1. The van der Waals surface area contributed by atoms with Crippen LogP contribution >= 0.6 is 23.1 Å². The van der Waals surface area contributed by atoms with E-state index in [2.05, 4.69) is 22.4 Å². The Morgan fingerprint density at radius 3 is 2.40 bits per heavy atom. The van der Waals surface area contributed by atoms with Crippen molar-refractivity contribution in [3.05, 3.63) is 65.2 Å². The number of carbonyl (C=O) groups excluding carboxylic acids is 1. The molecule has 1 aromatic heterocycles. The number of amidine groups is 1. The van der Waals surface area contributed by atoms with Gasteiger partial charge in [-0.15, -0.1) is 10.2 Å². The zero-order valence-corrected chi connectivity index (χ0v) is 18.3. The second kappa shape index (κ2) is 9.32. The highest BCUT2D eigenvalue weighted by atomic mass is 32.2. The lowest BCUT2D eigenvalue weighted by atomic mass is 9.91. The highest BCUT2D eigenvalue weighted by Crippen LogP contribution is 2.35. The Labute approximate surface area is 183 Å². The standard InChI is InChI=1S/C22H21N5OS2/c1-3-16-20(15-9-5-4-6-10-15)21(24-18-12-8-7-11-17(18)23-16)25-19(28)13-29-22-27-26-14(2)30-22/h4-12,20H,3,13H2,1-2H3,(H,24,25,28)/t20-/m0/s1. The molecular formula is C22H21N5OS2. The van der Waals surface area contributed by atoms with Gasteiger partial charge in [0.1, 0.15) is 10.8 Å². The van der Waals surface area contributed by atoms with E-state index >= 15 is 0 Å². The summed E-state index contributed by atoms with van der Waals surface area (Å²) < 4.78 is 0.784. The van der Waals surface area contributed by atoms with Gasteiger partial charge in [-0.2, -0.15) is 0 Å². The third-order valence-electron chi connectivity index (χ3n) is 4.59. The summed E-state index contributed by atoms with van der Waals surface area (Å²) in [4.78, 5) is 22.5. The normalized spacial score (nSPS) is 15.6. The van der Waals surface area contributed by atoms with E-state index in [1.807, 2.05) is 61.5 Å². The third-order valence-corrected chi connectivity index (χ3v) is 6.56. The van der Waals surface area contributed by atoms with Crippen LogP contribution in [0.1, 0.15) is 29.8 Å². The molecule has 0 aliphatic carbocycles. The van der Waals surface area contributed by atoms with E-state index < -0.39 is 0 Å². The quantitative estimate of drug-likeness (QED) is 0.568. The second-order valence-corrected chi connectivity index (χ2v) is 9.11. The van der Waals surface area contributed by atoms with Gasteiger partial charge in [-0.25, -0.2) is 4.99 Å². The number of aromatic nitrogens is 2. The average Bonchev–Trinajstić information content (AvgIpc) is 3.11. The van der Waals surface area contributed by atoms with Gasteiger partial charge in [-0.05, 0) is 31.0 Å². The predicted molar refractivity (Wildman–Crippen MR) is 124 cm³/mol. The van der Waals surface area contributed by atoms with Crippen LogP contribution in [-0.2, 0) is 4.79 Å². The summed E-state index contributed by atoms with van der Waals surface area (Å²) in [5, 5.41) is 12.0. The lowest BCUT2D eigenvalue weighted by Gasteiger charge is -2.20. The first-order valence-electron chi connectivity index (χ1n) is 9.67. The molecule has 3 aromatic rings. The number of para-hydroxylation sites is 2. The van der Waals surface area contributed by atoms with Crippen molar-refractivity contribution in [2.45, 2.75) is 30.5 Å². The lowest BCUT2D eigenvalue weighted by molar-refractivity contribution is -0.117. The molecule has 1 aliphatic heterocycles. The average molecular weight is 436 g/mol. The molecule has 152 valence electrons. The number of carbonyl (C=O) groups is 1. The van der Waals surface area contributed by atoms with E-state index in [1.165, 1.54) is 23.1 Å². The lowest BCUT2D eigenvalue weighted by Crippen LogP contribution is -2.38. The fourth-order valence-corrected chi connectivity index (χ4v) is 4.86. The highest BCUT2D eigenvalue weighted by molar-refractivity contribution is 8.01. The molecule has 0 radical (unpaired) electrons. The number of fused-ring (bicyclic) bond motifs is 1. The Morgan fingerprint density at radius 1 is 1.03 bits per heavy atom. The maximum atomic E-state index is 12.8. The van der Waals surface area contributed by atoms with Gasteiger partial charge in [-0.1, -0.05) is 72.5 Å². The van der Waals surface area contributed by atoms with Crippen LogP contribution in [0.4, 0.5) is 11.4 Å². The Balaban J connectivity index is 1.65. The smallest absolute Gasteiger partial charge is 0.235 e. The number of benzene rings is 2. The fraction of sp³-hybridized carbons (Fsp3) is 0.227. The van der Waals surface area contributed by atoms with Crippen LogP contribution in [0.15, 0.2) is 68.9 Å². The molecule has 0 bridgehead atoms. The van der Waals surface area contributed by atoms with Crippen molar-refractivity contribution < 1.29 is 4.79 Å². The van der Waals surface area contributed by atoms with E-state index in [4.69, 9.17) is 9.98 Å². The summed E-state index contributed by atoms with van der Waals surface area (Å²) in [6.07, 6.45) is 0.752. The number of nitrogens with zero attached hydrogens (tertiary/aromatic N) is 4. The Hall–Kier alpha value is -2.84. The first-order chi connectivity index (χ1) is 14.6. The molecule has 0 spiro atoms. The van der Waals surface area contributed by atoms with Crippen LogP contribution in [0.2, 0.25) is 0 Å². The monoisotopic (exact) mass is 435 g/mol. The van der Waals surface area contributed by atoms with Crippen LogP contribution in [0.3, 0.4) is 0 Å². The molecule has 0 unspecified atom stereocenters. The summed E-state index contributed by atoms with van der Waals surface area (Å²) in [5.41, 5.74) is 3.60. The molecule has 6 nitrogen and oxygen atoms in total. The van der Waals surface area contributed by atoms with Crippen molar-refractivity contribution in [1.29, 1.82) is 0 Å². The van der Waals surface area contributed by atoms with Gasteiger partial charge in [0.05, 0.1) is 23.0 Å². The van der Waals surface area contributed by atoms with Crippen molar-refractivity contribution in [1.82, 2.24) is 15.5 Å². The molecule has 1 N–H and O–H groups in total. The van der Waals surface area contributed by atoms with E-state index in [0.717, 1.165) is 38.4 Å². The Morgan fingerprint density at radius 2 is 1.73 bits per heavy atom. The van der Waals surface area contributed by atoms with Crippen LogP contribution in [0, 0.1) is 6.92 Å². The number of aliphatic imine (C=N–C) groups is 2. The van der Waals surface area contributed by atoms with Crippen molar-refractivity contribution in [3.8, 4) is 0 Å². The third kappa shape index (κ3) is 4.66. The van der Waals surface area contributed by atoms with Gasteiger partial charge in [0, 0.05) is 5.71 Å². The van der Waals surface area contributed by atoms with Gasteiger partial charge in [-0.3, -0.25) is 9.79 Å². The zero-order valence-electron chi connectivity index (χ0n) is 16.7. The molecule has 30 heavy (non-hydrogen) atoms. The SMILES string of the molecule is CCC1=Nc2ccccc2N=C(NC(=O)CSc2nnc(C)s2)[C@H]1c1ccccc1. The summed E-state index contributed by atoms with van der Waals surface area (Å²) in [7, 11) is 0. The highest BCUT2D eigenvalue weighted by Gasteiger charge is 2.27. The maximum absolute atomic E-state index is 12.8. The minimum atomic E-state index is -0.207. The zero-order chi connectivity index (χ0) is 20.9. The Kier molecular flexibility index (Phi) is 6.35. The molecule has 1 atom stereocenters. The van der Waals surface area contributed by atoms with E-state index in [9.17, 15) is 4.79 Å². The minimum Gasteiger partial charge on any atom is -0.313 e. The minimum absolute atomic E-state index is 0.123. The number of hydrogen-bond donors (Lipinski definition) is 1. The van der Waals surface area contributed by atoms with Gasteiger partial charge in [0.25, 0.3) is 0 Å². The summed E-state index contributed by atoms with van der Waals surface area (Å²) >= 11 is 2.86. The van der Waals surface area contributed by atoms with Gasteiger partial charge >= 0.3 is 0 Å². The first-order valence-corrected chi connectivity index (χ1v) is 11.5. The molecular weight excluding hydrogens is 414 g/mol. The molecule has 0 saturated heterocycles. The van der Waals surface area contributed by atoms with Crippen molar-refractivity contribution in [3.63, 3.8) is 0 Å². The molecule has 0 fully saturated rings. The number of rotatable bonds is 5. The first kappa shape index (κ1) is 20.4. The summed E-state index contributed by atoms with van der Waals surface area (Å²) in [6.45, 7) is 3.98. The summed E-state index contributed by atoms with van der Waals surface area (Å²) in [5.74, 6) is 0.518. The molecule has 8 heteroatoms. The van der Waals surface area contributed by atoms with Crippen molar-refractivity contribution >= 4 is 51.9 Å². The molecule has 2 heterocycles. The van der Waals surface area contributed by atoms with Gasteiger partial charge in [0.2, 0.25) is 5.91 Å². The Bertz CT molecular complexity index is 1110. The van der Waals surface area contributed by atoms with Crippen molar-refractivity contribution in [2.24, 2.45) is 9.98 Å². The van der Waals surface area contributed by atoms with Crippen molar-refractivity contribution in [2.75, 3.05) is 5.75 Å². The van der Waals surface area contributed by atoms with Crippen LogP contribution in [0.25, 0.3) is 0 Å². The molecule has 0 saturated carbocycles. The summed E-state index contributed by atoms with van der Waals surface area (Å²) in [6, 6.07) is 17.8. The molecule has 1 aliphatic rings. The number of amides is 1. The topological polar surface area (TPSA) is 79.6 Å². The fourth-order valence-electron chi connectivity index (χ4n) is 3.25. The van der Waals surface area contributed by atoms with Crippen LogP contribution in [0.5, 0.6) is 0 Å². The van der Waals surface area contributed by atoms with Gasteiger partial charge in [0.15, 0.2) is 4.34 Å². The molecule has 4 rings (SSSR count). The van der Waals surface area contributed by atoms with Gasteiger partial charge < -0.3 is 5.32 Å². The predicted octanol–water partition coefficient (Wildman–Crippen LogP) is 5.06. The number of hydrogen-bond acceptors (Lipinski definition) is 7.